The molecule has 1 saturated heterocycles. The third-order valence-electron chi connectivity index (χ3n) is 2.49. The Morgan fingerprint density at radius 2 is 2.07 bits per heavy atom. The number of carbonyl (C=O) groups excluding carboxylic acids is 1. The summed E-state index contributed by atoms with van der Waals surface area (Å²) >= 11 is 0. The van der Waals surface area contributed by atoms with E-state index in [0.717, 1.165) is 5.56 Å². The Bertz CT molecular complexity index is 339. The van der Waals surface area contributed by atoms with Crippen LogP contribution in [0.15, 0.2) is 30.3 Å². The molecule has 2 rings (SSSR count). The summed E-state index contributed by atoms with van der Waals surface area (Å²) in [5.74, 6) is 0. The van der Waals surface area contributed by atoms with Crippen LogP contribution in [0.25, 0.3) is 0 Å². The van der Waals surface area contributed by atoms with Crippen molar-refractivity contribution in [3.05, 3.63) is 35.9 Å². The van der Waals surface area contributed by atoms with Crippen molar-refractivity contribution in [2.24, 2.45) is 0 Å². The number of ether oxygens (including phenoxy) is 1. The molecule has 80 valence electrons. The Morgan fingerprint density at radius 3 is 2.73 bits per heavy atom. The summed E-state index contributed by atoms with van der Waals surface area (Å²) in [7, 11) is 0. The molecule has 1 aromatic carbocycles. The molecule has 4 nitrogen and oxygen atoms in total. The van der Waals surface area contributed by atoms with Gasteiger partial charge < -0.3 is 15.2 Å². The number of benzene rings is 1. The molecule has 0 aliphatic carbocycles. The zero-order valence-corrected chi connectivity index (χ0v) is 8.22. The molecular weight excluding hydrogens is 194 g/mol. The number of carbonyl (C=O) groups is 1. The minimum absolute atomic E-state index is 0.134. The quantitative estimate of drug-likeness (QED) is 0.767. The van der Waals surface area contributed by atoms with Crippen LogP contribution in [0.4, 0.5) is 4.79 Å². The van der Waals surface area contributed by atoms with Crippen molar-refractivity contribution in [3.63, 3.8) is 0 Å². The van der Waals surface area contributed by atoms with Crippen molar-refractivity contribution in [2.45, 2.75) is 18.6 Å². The van der Waals surface area contributed by atoms with Crippen LogP contribution in [0.1, 0.15) is 5.56 Å². The van der Waals surface area contributed by atoms with Gasteiger partial charge in [-0.25, -0.2) is 4.79 Å². The fourth-order valence-corrected chi connectivity index (χ4v) is 1.71. The number of alkyl carbamates (subject to hydrolysis) is 1. The summed E-state index contributed by atoms with van der Waals surface area (Å²) in [4.78, 5) is 11.0. The minimum Gasteiger partial charge on any atom is -0.442 e. The highest BCUT2D eigenvalue weighted by Gasteiger charge is 2.33. The summed E-state index contributed by atoms with van der Waals surface area (Å²) in [6.07, 6.45) is -0.203. The Labute approximate surface area is 87.9 Å². The van der Waals surface area contributed by atoms with Crippen LogP contribution in [-0.4, -0.2) is 30.0 Å². The second kappa shape index (κ2) is 4.31. The van der Waals surface area contributed by atoms with E-state index in [2.05, 4.69) is 5.32 Å². The van der Waals surface area contributed by atoms with Crippen LogP contribution in [0.2, 0.25) is 0 Å². The lowest BCUT2D eigenvalue weighted by atomic mass is 10.0. The Kier molecular flexibility index (Phi) is 2.87. The first kappa shape index (κ1) is 9.98. The SMILES string of the molecule is O=C1N[C@@H](Cc2ccccc2)C(CO)O1. The fraction of sp³-hybridized carbons (Fsp3) is 0.364. The Morgan fingerprint density at radius 1 is 1.33 bits per heavy atom. The largest absolute Gasteiger partial charge is 0.442 e. The van der Waals surface area contributed by atoms with Gasteiger partial charge >= 0.3 is 6.09 Å². The molecule has 1 aliphatic heterocycles. The van der Waals surface area contributed by atoms with Crippen molar-refractivity contribution in [3.8, 4) is 0 Å². The van der Waals surface area contributed by atoms with Crippen LogP contribution in [-0.2, 0) is 11.2 Å². The normalized spacial score (nSPS) is 24.7. The zero-order valence-electron chi connectivity index (χ0n) is 8.22. The molecule has 1 aliphatic rings. The van der Waals surface area contributed by atoms with E-state index >= 15 is 0 Å². The number of nitrogens with one attached hydrogen (secondary N) is 1. The van der Waals surface area contributed by atoms with E-state index in [0.29, 0.717) is 6.42 Å². The van der Waals surface area contributed by atoms with Crippen molar-refractivity contribution in [2.75, 3.05) is 6.61 Å². The molecular formula is C11H13NO3. The maximum atomic E-state index is 11.0. The number of aliphatic hydroxyl groups excluding tert-OH is 1. The van der Waals surface area contributed by atoms with Gasteiger partial charge in [-0.1, -0.05) is 30.3 Å². The van der Waals surface area contributed by atoms with E-state index in [9.17, 15) is 4.79 Å². The second-order valence-electron chi connectivity index (χ2n) is 3.57. The predicted molar refractivity (Wildman–Crippen MR) is 54.4 cm³/mol. The number of cyclic esters (lactones) is 1. The van der Waals surface area contributed by atoms with E-state index in [1.807, 2.05) is 30.3 Å². The molecule has 1 heterocycles. The van der Waals surface area contributed by atoms with Crippen LogP contribution in [0.5, 0.6) is 0 Å². The molecule has 4 heteroatoms. The molecule has 2 N–H and O–H groups in total. The topological polar surface area (TPSA) is 58.6 Å². The van der Waals surface area contributed by atoms with E-state index in [4.69, 9.17) is 9.84 Å². The smallest absolute Gasteiger partial charge is 0.407 e. The van der Waals surface area contributed by atoms with Gasteiger partial charge in [-0.05, 0) is 12.0 Å². The van der Waals surface area contributed by atoms with Gasteiger partial charge in [-0.2, -0.15) is 0 Å². The average Bonchev–Trinajstić information content (AvgIpc) is 2.60. The summed E-state index contributed by atoms with van der Waals surface area (Å²) < 4.78 is 4.90. The molecule has 1 unspecified atom stereocenters. The number of hydrogen-bond acceptors (Lipinski definition) is 3. The van der Waals surface area contributed by atoms with Gasteiger partial charge in [0.1, 0.15) is 6.10 Å². The first-order valence-corrected chi connectivity index (χ1v) is 4.91. The molecule has 0 bridgehead atoms. The van der Waals surface area contributed by atoms with Crippen LogP contribution >= 0.6 is 0 Å². The summed E-state index contributed by atoms with van der Waals surface area (Å²) in [6, 6.07) is 9.67. The number of rotatable bonds is 3. The van der Waals surface area contributed by atoms with Gasteiger partial charge in [0.25, 0.3) is 0 Å². The summed E-state index contributed by atoms with van der Waals surface area (Å²) in [5.41, 5.74) is 1.12. The van der Waals surface area contributed by atoms with E-state index in [1.54, 1.807) is 0 Å². The lowest BCUT2D eigenvalue weighted by Crippen LogP contribution is -2.35. The molecule has 1 fully saturated rings. The monoisotopic (exact) mass is 207 g/mol. The van der Waals surface area contributed by atoms with E-state index < -0.39 is 12.2 Å². The first-order valence-electron chi connectivity index (χ1n) is 4.91. The van der Waals surface area contributed by atoms with Crippen molar-refractivity contribution in [1.29, 1.82) is 0 Å². The molecule has 1 aromatic rings. The number of hydrogen-bond donors (Lipinski definition) is 2. The summed E-state index contributed by atoms with van der Waals surface area (Å²) in [6.45, 7) is -0.143. The standard InChI is InChI=1S/C11H13NO3/c13-7-10-9(12-11(14)15-10)6-8-4-2-1-3-5-8/h1-5,9-10,13H,6-7H2,(H,12,14)/t9-,10?/m0/s1. The Hall–Kier alpha value is -1.55. The van der Waals surface area contributed by atoms with Crippen molar-refractivity contribution >= 4 is 6.09 Å². The maximum Gasteiger partial charge on any atom is 0.407 e. The predicted octanol–water partition coefficient (Wildman–Crippen LogP) is 0.698. The van der Waals surface area contributed by atoms with E-state index in [1.165, 1.54) is 0 Å². The third kappa shape index (κ3) is 2.27. The van der Waals surface area contributed by atoms with E-state index in [-0.39, 0.29) is 12.6 Å². The van der Waals surface area contributed by atoms with Gasteiger partial charge in [0.05, 0.1) is 12.6 Å². The molecule has 0 saturated carbocycles. The van der Waals surface area contributed by atoms with Crippen LogP contribution in [0, 0.1) is 0 Å². The summed E-state index contributed by atoms with van der Waals surface area (Å²) in [5, 5.41) is 11.7. The molecule has 0 spiro atoms. The number of aliphatic hydroxyl groups is 1. The second-order valence-corrected chi connectivity index (χ2v) is 3.57. The van der Waals surface area contributed by atoms with Gasteiger partial charge in [0.2, 0.25) is 0 Å². The average molecular weight is 207 g/mol. The minimum atomic E-state index is -0.449. The highest BCUT2D eigenvalue weighted by molar-refractivity contribution is 5.70. The van der Waals surface area contributed by atoms with Gasteiger partial charge in [0.15, 0.2) is 0 Å². The highest BCUT2D eigenvalue weighted by atomic mass is 16.6. The molecule has 1 amide bonds. The van der Waals surface area contributed by atoms with Crippen molar-refractivity contribution < 1.29 is 14.6 Å². The lowest BCUT2D eigenvalue weighted by Gasteiger charge is -2.14. The zero-order chi connectivity index (χ0) is 10.7. The molecule has 0 radical (unpaired) electrons. The van der Waals surface area contributed by atoms with Crippen molar-refractivity contribution in [1.82, 2.24) is 5.32 Å². The molecule has 2 atom stereocenters. The van der Waals surface area contributed by atoms with Crippen LogP contribution in [0.3, 0.4) is 0 Å². The fourth-order valence-electron chi connectivity index (χ4n) is 1.71. The van der Waals surface area contributed by atoms with Gasteiger partial charge in [-0.15, -0.1) is 0 Å². The van der Waals surface area contributed by atoms with Crippen LogP contribution < -0.4 is 5.32 Å². The highest BCUT2D eigenvalue weighted by Crippen LogP contribution is 2.13. The maximum absolute atomic E-state index is 11.0. The lowest BCUT2D eigenvalue weighted by molar-refractivity contribution is 0.0829. The van der Waals surface area contributed by atoms with Gasteiger partial charge in [-0.3, -0.25) is 0 Å². The third-order valence-corrected chi connectivity index (χ3v) is 2.49. The first-order chi connectivity index (χ1) is 7.29. The number of amides is 1. The molecule has 15 heavy (non-hydrogen) atoms. The molecule has 0 aromatic heterocycles. The Balaban J connectivity index is 2.03. The van der Waals surface area contributed by atoms with Gasteiger partial charge in [0, 0.05) is 0 Å².